The predicted molar refractivity (Wildman–Crippen MR) is 99.6 cm³/mol. The SMILES string of the molecule is CC(C)(C)C(=O)N1CCC(NC(=O)C2CC(c3cccc(F)c3)=NO2)CC1. The van der Waals surface area contributed by atoms with Crippen LogP contribution in [0.4, 0.5) is 4.39 Å². The van der Waals surface area contributed by atoms with E-state index in [1.54, 1.807) is 12.1 Å². The Morgan fingerprint density at radius 3 is 2.59 bits per heavy atom. The molecule has 27 heavy (non-hydrogen) atoms. The maximum atomic E-state index is 13.3. The highest BCUT2D eigenvalue weighted by molar-refractivity contribution is 6.04. The third-order valence-electron chi connectivity index (χ3n) is 4.89. The van der Waals surface area contributed by atoms with Crippen LogP contribution in [0.2, 0.25) is 0 Å². The van der Waals surface area contributed by atoms with Gasteiger partial charge in [0.15, 0.2) is 0 Å². The number of hydrogen-bond acceptors (Lipinski definition) is 4. The fourth-order valence-corrected chi connectivity index (χ4v) is 3.35. The Balaban J connectivity index is 1.48. The molecule has 6 nitrogen and oxygen atoms in total. The molecule has 0 spiro atoms. The van der Waals surface area contributed by atoms with E-state index in [0.717, 1.165) is 12.8 Å². The van der Waals surface area contributed by atoms with Crippen LogP contribution in [0.3, 0.4) is 0 Å². The number of amides is 2. The Kier molecular flexibility index (Phi) is 5.48. The topological polar surface area (TPSA) is 71.0 Å². The Morgan fingerprint density at radius 2 is 1.96 bits per heavy atom. The maximum absolute atomic E-state index is 13.3. The summed E-state index contributed by atoms with van der Waals surface area (Å²) < 4.78 is 13.3. The third kappa shape index (κ3) is 4.64. The van der Waals surface area contributed by atoms with Crippen molar-refractivity contribution in [2.24, 2.45) is 10.6 Å². The number of rotatable bonds is 3. The van der Waals surface area contributed by atoms with Gasteiger partial charge in [-0.2, -0.15) is 0 Å². The zero-order chi connectivity index (χ0) is 19.6. The van der Waals surface area contributed by atoms with E-state index in [-0.39, 0.29) is 23.7 Å². The summed E-state index contributed by atoms with van der Waals surface area (Å²) in [5.74, 6) is -0.426. The Labute approximate surface area is 158 Å². The van der Waals surface area contributed by atoms with Crippen LogP contribution in [0.5, 0.6) is 0 Å². The summed E-state index contributed by atoms with van der Waals surface area (Å²) in [7, 11) is 0. The van der Waals surface area contributed by atoms with Crippen molar-refractivity contribution in [2.75, 3.05) is 13.1 Å². The van der Waals surface area contributed by atoms with Crippen LogP contribution in [0.25, 0.3) is 0 Å². The highest BCUT2D eigenvalue weighted by atomic mass is 19.1. The number of nitrogens with one attached hydrogen (secondary N) is 1. The smallest absolute Gasteiger partial charge is 0.264 e. The molecule has 1 unspecified atom stereocenters. The van der Waals surface area contributed by atoms with Crippen molar-refractivity contribution in [1.29, 1.82) is 0 Å². The number of carbonyl (C=O) groups is 2. The van der Waals surface area contributed by atoms with E-state index in [1.807, 2.05) is 25.7 Å². The second kappa shape index (κ2) is 7.66. The van der Waals surface area contributed by atoms with Crippen LogP contribution in [0.15, 0.2) is 29.4 Å². The van der Waals surface area contributed by atoms with Gasteiger partial charge in [0.1, 0.15) is 5.82 Å². The van der Waals surface area contributed by atoms with E-state index < -0.39 is 11.5 Å². The molecule has 2 aliphatic rings. The molecule has 1 saturated heterocycles. The highest BCUT2D eigenvalue weighted by Crippen LogP contribution is 2.22. The molecule has 0 aromatic heterocycles. The van der Waals surface area contributed by atoms with Gasteiger partial charge in [-0.1, -0.05) is 38.1 Å². The van der Waals surface area contributed by atoms with Gasteiger partial charge in [0.2, 0.25) is 12.0 Å². The molecule has 1 N–H and O–H groups in total. The molecule has 0 saturated carbocycles. The van der Waals surface area contributed by atoms with E-state index in [0.29, 0.717) is 30.8 Å². The molecule has 2 amide bonds. The number of halogens is 1. The van der Waals surface area contributed by atoms with Crippen LogP contribution < -0.4 is 5.32 Å². The Morgan fingerprint density at radius 1 is 1.26 bits per heavy atom. The molecule has 1 aromatic rings. The monoisotopic (exact) mass is 375 g/mol. The first-order chi connectivity index (χ1) is 12.7. The molecule has 0 aliphatic carbocycles. The second-order valence-corrected chi connectivity index (χ2v) is 8.17. The van der Waals surface area contributed by atoms with Crippen LogP contribution in [-0.4, -0.2) is 47.7 Å². The average Bonchev–Trinajstić information content (AvgIpc) is 3.11. The summed E-state index contributed by atoms with van der Waals surface area (Å²) in [5.41, 5.74) is 0.804. The van der Waals surface area contributed by atoms with Gasteiger partial charge in [0.25, 0.3) is 5.91 Å². The standard InChI is InChI=1S/C20H26FN3O3/c1-20(2,3)19(26)24-9-7-15(8-10-24)22-18(25)17-12-16(23-27-17)13-5-4-6-14(21)11-13/h4-6,11,15,17H,7-10,12H2,1-3H3,(H,22,25). The van der Waals surface area contributed by atoms with Gasteiger partial charge in [-0.3, -0.25) is 9.59 Å². The van der Waals surface area contributed by atoms with Crippen LogP contribution in [0, 0.1) is 11.2 Å². The predicted octanol–water partition coefficient (Wildman–Crippen LogP) is 2.47. The number of hydrogen-bond donors (Lipinski definition) is 1. The first-order valence-electron chi connectivity index (χ1n) is 9.32. The molecule has 146 valence electrons. The summed E-state index contributed by atoms with van der Waals surface area (Å²) in [5, 5.41) is 6.93. The lowest BCUT2D eigenvalue weighted by atomic mass is 9.93. The average molecular weight is 375 g/mol. The van der Waals surface area contributed by atoms with Crippen molar-refractivity contribution in [2.45, 2.75) is 52.2 Å². The lowest BCUT2D eigenvalue weighted by Crippen LogP contribution is -2.50. The number of carbonyl (C=O) groups excluding carboxylic acids is 2. The molecule has 2 heterocycles. The van der Waals surface area contributed by atoms with Crippen molar-refractivity contribution in [3.05, 3.63) is 35.6 Å². The molecule has 1 aromatic carbocycles. The highest BCUT2D eigenvalue weighted by Gasteiger charge is 2.33. The third-order valence-corrected chi connectivity index (χ3v) is 4.89. The van der Waals surface area contributed by atoms with Gasteiger partial charge in [-0.05, 0) is 25.0 Å². The molecular weight excluding hydrogens is 349 g/mol. The van der Waals surface area contributed by atoms with Crippen molar-refractivity contribution < 1.29 is 18.8 Å². The van der Waals surface area contributed by atoms with Crippen LogP contribution >= 0.6 is 0 Å². The summed E-state index contributed by atoms with van der Waals surface area (Å²) in [4.78, 5) is 31.9. The minimum absolute atomic E-state index is 0.0170. The first kappa shape index (κ1) is 19.3. The summed E-state index contributed by atoms with van der Waals surface area (Å²) in [6, 6.07) is 6.11. The van der Waals surface area contributed by atoms with E-state index in [1.165, 1.54) is 12.1 Å². The van der Waals surface area contributed by atoms with Gasteiger partial charge in [-0.25, -0.2) is 4.39 Å². The largest absolute Gasteiger partial charge is 0.382 e. The van der Waals surface area contributed by atoms with Gasteiger partial charge in [0, 0.05) is 36.5 Å². The van der Waals surface area contributed by atoms with E-state index in [4.69, 9.17) is 4.84 Å². The Hall–Kier alpha value is -2.44. The minimum Gasteiger partial charge on any atom is -0.382 e. The van der Waals surface area contributed by atoms with Crippen molar-refractivity contribution in [1.82, 2.24) is 10.2 Å². The molecule has 1 fully saturated rings. The van der Waals surface area contributed by atoms with Gasteiger partial charge < -0.3 is 15.1 Å². The second-order valence-electron chi connectivity index (χ2n) is 8.17. The Bertz CT molecular complexity index is 749. The van der Waals surface area contributed by atoms with Crippen molar-refractivity contribution in [3.63, 3.8) is 0 Å². The van der Waals surface area contributed by atoms with Crippen molar-refractivity contribution in [3.8, 4) is 0 Å². The lowest BCUT2D eigenvalue weighted by Gasteiger charge is -2.36. The summed E-state index contributed by atoms with van der Waals surface area (Å²) >= 11 is 0. The van der Waals surface area contributed by atoms with E-state index in [2.05, 4.69) is 10.5 Å². The molecule has 3 rings (SSSR count). The normalized spacial score (nSPS) is 20.8. The number of benzene rings is 1. The van der Waals surface area contributed by atoms with E-state index in [9.17, 15) is 14.0 Å². The summed E-state index contributed by atoms with van der Waals surface area (Å²) in [6.45, 7) is 7.01. The fourth-order valence-electron chi connectivity index (χ4n) is 3.35. The van der Waals surface area contributed by atoms with Gasteiger partial charge in [-0.15, -0.1) is 0 Å². The molecule has 1 atom stereocenters. The number of nitrogens with zero attached hydrogens (tertiary/aromatic N) is 2. The van der Waals surface area contributed by atoms with Crippen LogP contribution in [-0.2, 0) is 14.4 Å². The van der Waals surface area contributed by atoms with E-state index >= 15 is 0 Å². The van der Waals surface area contributed by atoms with Crippen LogP contribution in [0.1, 0.15) is 45.6 Å². The zero-order valence-electron chi connectivity index (χ0n) is 16.0. The van der Waals surface area contributed by atoms with Gasteiger partial charge >= 0.3 is 0 Å². The number of oxime groups is 1. The first-order valence-corrected chi connectivity index (χ1v) is 9.32. The fraction of sp³-hybridized carbons (Fsp3) is 0.550. The molecular formula is C20H26FN3O3. The minimum atomic E-state index is -0.697. The lowest BCUT2D eigenvalue weighted by molar-refractivity contribution is -0.140. The molecule has 7 heteroatoms. The summed E-state index contributed by atoms with van der Waals surface area (Å²) in [6.07, 6.45) is 1.06. The molecule has 0 radical (unpaired) electrons. The zero-order valence-corrected chi connectivity index (χ0v) is 16.0. The number of likely N-dealkylation sites (tertiary alicyclic amines) is 1. The molecule has 2 aliphatic heterocycles. The number of piperidine rings is 1. The quantitative estimate of drug-likeness (QED) is 0.882. The molecule has 0 bridgehead atoms. The maximum Gasteiger partial charge on any atom is 0.264 e. The van der Waals surface area contributed by atoms with Crippen molar-refractivity contribution >= 4 is 17.5 Å². The van der Waals surface area contributed by atoms with Gasteiger partial charge in [0.05, 0.1) is 5.71 Å².